The predicted molar refractivity (Wildman–Crippen MR) is 44.3 cm³/mol. The first-order chi connectivity index (χ1) is 7.25. The summed E-state index contributed by atoms with van der Waals surface area (Å²) in [6, 6.07) is 0. The molecule has 0 aliphatic rings. The third-order valence-corrected chi connectivity index (χ3v) is 1.07. The maximum absolute atomic E-state index is 9.50. The predicted octanol–water partition coefficient (Wildman–Crippen LogP) is -5.85. The molecule has 0 N–H and O–H groups in total. The van der Waals surface area contributed by atoms with Crippen LogP contribution in [0.15, 0.2) is 0 Å². The molecule has 92 valence electrons. The molecular weight excluding hydrogens is 252 g/mol. The Kier molecular flexibility index (Phi) is 14.7. The summed E-state index contributed by atoms with van der Waals surface area (Å²) in [4.78, 5) is 38.0. The molecule has 0 aromatic carbocycles. The van der Waals surface area contributed by atoms with Gasteiger partial charge in [0, 0.05) is 23.9 Å². The maximum Gasteiger partial charge on any atom is 4.00 e. The van der Waals surface area contributed by atoms with Gasteiger partial charge in [0.2, 0.25) is 0 Å². The maximum atomic E-state index is 9.50. The Hall–Kier alpha value is -1.90. The van der Waals surface area contributed by atoms with E-state index in [9.17, 15) is 39.6 Å². The van der Waals surface area contributed by atoms with Crippen LogP contribution in [0.25, 0.3) is 0 Å². The molecule has 0 aromatic rings. The second kappa shape index (κ2) is 12.2. The van der Waals surface area contributed by atoms with E-state index >= 15 is 0 Å². The summed E-state index contributed by atoms with van der Waals surface area (Å²) in [5.41, 5.74) is 0. The summed E-state index contributed by atoms with van der Waals surface area (Å²) in [5.74, 6) is -5.47. The summed E-state index contributed by atoms with van der Waals surface area (Å²) < 4.78 is 0. The Labute approximate surface area is 101 Å². The minimum Gasteiger partial charge on any atom is -0.550 e. The van der Waals surface area contributed by atoms with Crippen molar-refractivity contribution in [2.24, 2.45) is 0 Å². The quantitative estimate of drug-likeness (QED) is 0.426. The summed E-state index contributed by atoms with van der Waals surface area (Å²) in [5, 5.41) is 38.0. The van der Waals surface area contributed by atoms with Gasteiger partial charge < -0.3 is 39.6 Å². The molecule has 0 unspecified atom stereocenters. The fourth-order valence-corrected chi connectivity index (χ4v) is 0.408. The summed E-state index contributed by atoms with van der Waals surface area (Å²) in [7, 11) is 0. The molecule has 0 radical (unpaired) electrons. The number of carbonyl (C=O) groups is 4. The van der Waals surface area contributed by atoms with E-state index in [4.69, 9.17) is 0 Å². The van der Waals surface area contributed by atoms with Gasteiger partial charge in [0.15, 0.2) is 0 Å². The molecule has 0 bridgehead atoms. The largest absolute Gasteiger partial charge is 4.00 e. The van der Waals surface area contributed by atoms with Crippen LogP contribution in [0.1, 0.15) is 25.7 Å². The monoisotopic (exact) mass is 260 g/mol. The molecule has 0 spiro atoms. The Balaban J connectivity index is -0.000000218. The number of carboxylic acids is 4. The Morgan fingerprint density at radius 3 is 0.706 bits per heavy atom. The van der Waals surface area contributed by atoms with Crippen molar-refractivity contribution in [3.8, 4) is 0 Å². The van der Waals surface area contributed by atoms with Crippen molar-refractivity contribution in [1.29, 1.82) is 0 Å². The second-order valence-corrected chi connectivity index (χ2v) is 2.49. The molecule has 0 aliphatic carbocycles. The van der Waals surface area contributed by atoms with Crippen LogP contribution in [-0.2, 0) is 19.2 Å². The van der Waals surface area contributed by atoms with E-state index in [0.717, 1.165) is 0 Å². The summed E-state index contributed by atoms with van der Waals surface area (Å²) in [6.45, 7) is 0. The molecular formula is C8H8O8Si. The molecule has 0 atom stereocenters. The Bertz CT molecular complexity index is 219. The van der Waals surface area contributed by atoms with Gasteiger partial charge in [-0.1, -0.05) is 0 Å². The Morgan fingerprint density at radius 2 is 0.647 bits per heavy atom. The van der Waals surface area contributed by atoms with Crippen LogP contribution in [0.3, 0.4) is 0 Å². The first kappa shape index (κ1) is 20.5. The van der Waals surface area contributed by atoms with Crippen molar-refractivity contribution < 1.29 is 39.6 Å². The van der Waals surface area contributed by atoms with E-state index in [-0.39, 0.29) is 11.0 Å². The van der Waals surface area contributed by atoms with Gasteiger partial charge >= 0.3 is 11.0 Å². The zero-order valence-electron chi connectivity index (χ0n) is 8.59. The van der Waals surface area contributed by atoms with Crippen molar-refractivity contribution in [2.45, 2.75) is 25.7 Å². The van der Waals surface area contributed by atoms with E-state index in [0.29, 0.717) is 0 Å². The molecule has 0 amide bonds. The van der Waals surface area contributed by atoms with Crippen LogP contribution >= 0.6 is 0 Å². The first-order valence-corrected chi connectivity index (χ1v) is 4.05. The number of carbonyl (C=O) groups excluding carboxylic acids is 4. The summed E-state index contributed by atoms with van der Waals surface area (Å²) >= 11 is 0. The first-order valence-electron chi connectivity index (χ1n) is 4.05. The molecule has 9 heteroatoms. The van der Waals surface area contributed by atoms with E-state index in [1.54, 1.807) is 0 Å². The fraction of sp³-hybridized carbons (Fsp3) is 0.500. The number of carboxylic acid groups (broad SMARTS) is 4. The van der Waals surface area contributed by atoms with Crippen LogP contribution in [-0.4, -0.2) is 34.8 Å². The molecule has 0 aromatic heterocycles. The van der Waals surface area contributed by atoms with E-state index in [2.05, 4.69) is 0 Å². The molecule has 0 saturated heterocycles. The van der Waals surface area contributed by atoms with Gasteiger partial charge in [-0.25, -0.2) is 0 Å². The van der Waals surface area contributed by atoms with Crippen LogP contribution < -0.4 is 20.4 Å². The SMILES string of the molecule is O=C([O-])CCC(=O)[O-].O=C([O-])CCC(=O)[O-].[Si+4]. The van der Waals surface area contributed by atoms with Crippen LogP contribution in [0.2, 0.25) is 0 Å². The van der Waals surface area contributed by atoms with Crippen molar-refractivity contribution in [1.82, 2.24) is 0 Å². The zero-order valence-corrected chi connectivity index (χ0v) is 9.59. The number of hydrogen-bond acceptors (Lipinski definition) is 8. The molecule has 0 fully saturated rings. The molecule has 0 aliphatic heterocycles. The third-order valence-electron chi connectivity index (χ3n) is 1.07. The van der Waals surface area contributed by atoms with Gasteiger partial charge in [-0.05, 0) is 25.7 Å². The van der Waals surface area contributed by atoms with Gasteiger partial charge in [0.1, 0.15) is 0 Å². The van der Waals surface area contributed by atoms with Gasteiger partial charge in [-0.3, -0.25) is 0 Å². The van der Waals surface area contributed by atoms with Crippen molar-refractivity contribution in [3.63, 3.8) is 0 Å². The zero-order chi connectivity index (χ0) is 13.1. The third kappa shape index (κ3) is 31.5. The minimum atomic E-state index is -1.37. The number of rotatable bonds is 6. The molecule has 8 nitrogen and oxygen atoms in total. The molecule has 17 heavy (non-hydrogen) atoms. The summed E-state index contributed by atoms with van der Waals surface area (Å²) in [6.07, 6.45) is -1.88. The molecule has 0 rings (SSSR count). The number of aliphatic carboxylic acids is 4. The standard InChI is InChI=1S/2C4H6O4.Si/c2*5-3(6)1-2-4(7)8;/h2*1-2H2,(H,5,6)(H,7,8);/q;;+4/p-4. The van der Waals surface area contributed by atoms with Crippen LogP contribution in [0.4, 0.5) is 0 Å². The van der Waals surface area contributed by atoms with Gasteiger partial charge in [-0.15, -0.1) is 0 Å². The smallest absolute Gasteiger partial charge is 0.550 e. The van der Waals surface area contributed by atoms with E-state index < -0.39 is 49.6 Å². The normalized spacial score (nSPS) is 8.00. The second-order valence-electron chi connectivity index (χ2n) is 2.49. The molecule has 0 heterocycles. The van der Waals surface area contributed by atoms with Crippen LogP contribution in [0.5, 0.6) is 0 Å². The van der Waals surface area contributed by atoms with E-state index in [1.165, 1.54) is 0 Å². The average molecular weight is 260 g/mol. The number of hydrogen-bond donors (Lipinski definition) is 0. The van der Waals surface area contributed by atoms with Crippen molar-refractivity contribution >= 4 is 34.8 Å². The van der Waals surface area contributed by atoms with Crippen molar-refractivity contribution in [2.75, 3.05) is 0 Å². The van der Waals surface area contributed by atoms with Gasteiger partial charge in [0.25, 0.3) is 0 Å². The minimum absolute atomic E-state index is 0. The molecule has 0 saturated carbocycles. The topological polar surface area (TPSA) is 161 Å². The van der Waals surface area contributed by atoms with Gasteiger partial charge in [0.05, 0.1) is 0 Å². The van der Waals surface area contributed by atoms with E-state index in [1.807, 2.05) is 0 Å². The average Bonchev–Trinajstić information content (AvgIpc) is 2.12. The fourth-order valence-electron chi connectivity index (χ4n) is 0.408. The van der Waals surface area contributed by atoms with Gasteiger partial charge in [-0.2, -0.15) is 0 Å². The Morgan fingerprint density at radius 1 is 0.529 bits per heavy atom. The van der Waals surface area contributed by atoms with Crippen LogP contribution in [0, 0.1) is 0 Å². The van der Waals surface area contributed by atoms with Crippen molar-refractivity contribution in [3.05, 3.63) is 0 Å².